The van der Waals surface area contributed by atoms with Crippen LogP contribution in [0.5, 0.6) is 11.5 Å². The van der Waals surface area contributed by atoms with Crippen LogP contribution in [0.1, 0.15) is 10.4 Å². The first-order valence-corrected chi connectivity index (χ1v) is 6.16. The number of nitrogens with one attached hydrogen (secondary N) is 2. The lowest BCUT2D eigenvalue weighted by molar-refractivity contribution is 0.102. The topological polar surface area (TPSA) is 59.6 Å². The Kier molecular flexibility index (Phi) is 2.95. The van der Waals surface area contributed by atoms with Crippen LogP contribution in [0.15, 0.2) is 36.4 Å². The van der Waals surface area contributed by atoms with Crippen LogP contribution in [0.3, 0.4) is 0 Å². The maximum Gasteiger partial charge on any atom is 0.257 e. The third-order valence-corrected chi connectivity index (χ3v) is 3.21. The summed E-state index contributed by atoms with van der Waals surface area (Å²) in [6.45, 7) is 0. The third-order valence-electron chi connectivity index (χ3n) is 3.21. The smallest absolute Gasteiger partial charge is 0.257 e. The molecule has 1 amide bonds. The van der Waals surface area contributed by atoms with Crippen LogP contribution in [0.2, 0.25) is 0 Å². The van der Waals surface area contributed by atoms with Crippen molar-refractivity contribution in [3.8, 4) is 11.5 Å². The van der Waals surface area contributed by atoms with Crippen LogP contribution in [0, 0.1) is 0 Å². The average Bonchev–Trinajstić information content (AvgIpc) is 2.61. The molecule has 1 aliphatic rings. The number of anilines is 3. The predicted molar refractivity (Wildman–Crippen MR) is 77.2 cm³/mol. The van der Waals surface area contributed by atoms with E-state index in [1.54, 1.807) is 26.4 Å². The molecule has 1 aliphatic heterocycles. The van der Waals surface area contributed by atoms with E-state index in [1.807, 2.05) is 24.3 Å². The van der Waals surface area contributed by atoms with Gasteiger partial charge in [0, 0.05) is 6.07 Å². The summed E-state index contributed by atoms with van der Waals surface area (Å²) >= 11 is 0. The standard InChI is InChI=1S/C15H14N2O3/c1-19-13-7-9-12(8-14(13)20-2)16-10-5-3-4-6-11(10)17-15(9)18/h3-8,16H,1-2H3,(H,17,18). The van der Waals surface area contributed by atoms with Gasteiger partial charge in [-0.05, 0) is 18.2 Å². The molecule has 0 aliphatic carbocycles. The van der Waals surface area contributed by atoms with Gasteiger partial charge < -0.3 is 20.1 Å². The lowest BCUT2D eigenvalue weighted by atomic mass is 10.1. The summed E-state index contributed by atoms with van der Waals surface area (Å²) < 4.78 is 10.5. The molecule has 1 heterocycles. The Hall–Kier alpha value is -2.69. The van der Waals surface area contributed by atoms with Crippen molar-refractivity contribution >= 4 is 23.0 Å². The molecule has 0 radical (unpaired) electrons. The second-order valence-electron chi connectivity index (χ2n) is 4.38. The Labute approximate surface area is 116 Å². The number of methoxy groups -OCH3 is 2. The largest absolute Gasteiger partial charge is 0.493 e. The highest BCUT2D eigenvalue weighted by atomic mass is 16.5. The lowest BCUT2D eigenvalue weighted by Crippen LogP contribution is -2.11. The number of ether oxygens (including phenoxy) is 2. The fraction of sp³-hybridized carbons (Fsp3) is 0.133. The van der Waals surface area contributed by atoms with E-state index in [0.29, 0.717) is 22.7 Å². The minimum Gasteiger partial charge on any atom is -0.493 e. The summed E-state index contributed by atoms with van der Waals surface area (Å²) in [5, 5.41) is 6.11. The zero-order valence-electron chi connectivity index (χ0n) is 11.2. The van der Waals surface area contributed by atoms with Crippen molar-refractivity contribution in [2.75, 3.05) is 24.9 Å². The molecule has 0 spiro atoms. The van der Waals surface area contributed by atoms with Crippen LogP contribution >= 0.6 is 0 Å². The third kappa shape index (κ3) is 1.93. The molecule has 0 saturated heterocycles. The van der Waals surface area contributed by atoms with Gasteiger partial charge in [-0.3, -0.25) is 4.79 Å². The number of hydrogen-bond acceptors (Lipinski definition) is 4. The minimum absolute atomic E-state index is 0.182. The first kappa shape index (κ1) is 12.3. The number of rotatable bonds is 2. The minimum atomic E-state index is -0.182. The molecule has 5 heteroatoms. The number of hydrogen-bond donors (Lipinski definition) is 2. The second kappa shape index (κ2) is 4.77. The van der Waals surface area contributed by atoms with Crippen LogP contribution in [-0.4, -0.2) is 20.1 Å². The molecule has 0 bridgehead atoms. The highest BCUT2D eigenvalue weighted by molar-refractivity contribution is 6.12. The summed E-state index contributed by atoms with van der Waals surface area (Å²) in [4.78, 5) is 12.3. The molecule has 0 unspecified atom stereocenters. The highest BCUT2D eigenvalue weighted by Crippen LogP contribution is 2.38. The van der Waals surface area contributed by atoms with Gasteiger partial charge in [0.1, 0.15) is 0 Å². The van der Waals surface area contributed by atoms with E-state index in [2.05, 4.69) is 10.6 Å². The Morgan fingerprint density at radius 3 is 2.10 bits per heavy atom. The van der Waals surface area contributed by atoms with E-state index >= 15 is 0 Å². The number of carbonyl (C=O) groups excluding carboxylic acids is 1. The van der Waals surface area contributed by atoms with Crippen LogP contribution in [0.25, 0.3) is 0 Å². The van der Waals surface area contributed by atoms with Crippen molar-refractivity contribution in [2.45, 2.75) is 0 Å². The first-order chi connectivity index (χ1) is 9.72. The maximum atomic E-state index is 12.3. The normalized spacial score (nSPS) is 12.4. The monoisotopic (exact) mass is 270 g/mol. The average molecular weight is 270 g/mol. The van der Waals surface area contributed by atoms with E-state index in [0.717, 1.165) is 11.4 Å². The first-order valence-electron chi connectivity index (χ1n) is 6.16. The van der Waals surface area contributed by atoms with E-state index in [1.165, 1.54) is 0 Å². The van der Waals surface area contributed by atoms with Crippen molar-refractivity contribution in [3.63, 3.8) is 0 Å². The molecule has 20 heavy (non-hydrogen) atoms. The molecule has 2 aromatic carbocycles. The SMILES string of the molecule is COc1cc2c(cc1OC)C(=O)Nc1ccccc1N2. The van der Waals surface area contributed by atoms with Gasteiger partial charge in [0.15, 0.2) is 11.5 Å². The van der Waals surface area contributed by atoms with E-state index in [9.17, 15) is 4.79 Å². The number of amides is 1. The number of para-hydroxylation sites is 2. The summed E-state index contributed by atoms with van der Waals surface area (Å²) in [6.07, 6.45) is 0. The Balaban J connectivity index is 2.16. The molecule has 2 aromatic rings. The Bertz CT molecular complexity index is 683. The van der Waals surface area contributed by atoms with Crippen molar-refractivity contribution < 1.29 is 14.3 Å². The lowest BCUT2D eigenvalue weighted by Gasteiger charge is -2.13. The van der Waals surface area contributed by atoms with Crippen LogP contribution < -0.4 is 20.1 Å². The van der Waals surface area contributed by atoms with Gasteiger partial charge >= 0.3 is 0 Å². The molecular weight excluding hydrogens is 256 g/mol. The van der Waals surface area contributed by atoms with Crippen LogP contribution in [-0.2, 0) is 0 Å². The summed E-state index contributed by atoms with van der Waals surface area (Å²) in [5.41, 5.74) is 2.78. The predicted octanol–water partition coefficient (Wildman–Crippen LogP) is 3.01. The van der Waals surface area contributed by atoms with E-state index in [4.69, 9.17) is 9.47 Å². The molecule has 0 fully saturated rings. The zero-order valence-corrected chi connectivity index (χ0v) is 11.2. The van der Waals surface area contributed by atoms with Crippen molar-refractivity contribution in [1.29, 1.82) is 0 Å². The van der Waals surface area contributed by atoms with Gasteiger partial charge in [-0.15, -0.1) is 0 Å². The van der Waals surface area contributed by atoms with Gasteiger partial charge in [0.25, 0.3) is 5.91 Å². The second-order valence-corrected chi connectivity index (χ2v) is 4.38. The fourth-order valence-corrected chi connectivity index (χ4v) is 2.21. The molecule has 2 N–H and O–H groups in total. The Morgan fingerprint density at radius 2 is 1.45 bits per heavy atom. The van der Waals surface area contributed by atoms with Crippen LogP contribution in [0.4, 0.5) is 17.1 Å². The van der Waals surface area contributed by atoms with Crippen molar-refractivity contribution in [2.24, 2.45) is 0 Å². The van der Waals surface area contributed by atoms with Gasteiger partial charge in [-0.2, -0.15) is 0 Å². The number of fused-ring (bicyclic) bond motifs is 2. The molecule has 0 saturated carbocycles. The zero-order chi connectivity index (χ0) is 14.1. The highest BCUT2D eigenvalue weighted by Gasteiger charge is 2.21. The van der Waals surface area contributed by atoms with Gasteiger partial charge in [0.05, 0.1) is 36.8 Å². The molecule has 5 nitrogen and oxygen atoms in total. The number of carbonyl (C=O) groups is 1. The molecule has 102 valence electrons. The Morgan fingerprint density at radius 1 is 0.850 bits per heavy atom. The van der Waals surface area contributed by atoms with Gasteiger partial charge in [0.2, 0.25) is 0 Å². The quantitative estimate of drug-likeness (QED) is 0.880. The summed E-state index contributed by atoms with van der Waals surface area (Å²) in [7, 11) is 3.11. The van der Waals surface area contributed by atoms with Crippen molar-refractivity contribution in [3.05, 3.63) is 42.0 Å². The summed E-state index contributed by atoms with van der Waals surface area (Å²) in [6, 6.07) is 11.0. The van der Waals surface area contributed by atoms with E-state index in [-0.39, 0.29) is 5.91 Å². The molecular formula is C15H14N2O3. The maximum absolute atomic E-state index is 12.3. The van der Waals surface area contributed by atoms with Gasteiger partial charge in [-0.1, -0.05) is 12.1 Å². The van der Waals surface area contributed by atoms with Crippen molar-refractivity contribution in [1.82, 2.24) is 0 Å². The molecule has 3 rings (SSSR count). The fourth-order valence-electron chi connectivity index (χ4n) is 2.21. The molecule has 0 aromatic heterocycles. The number of benzene rings is 2. The molecule has 0 atom stereocenters. The van der Waals surface area contributed by atoms with Gasteiger partial charge in [-0.25, -0.2) is 0 Å². The van der Waals surface area contributed by atoms with E-state index < -0.39 is 0 Å². The summed E-state index contributed by atoms with van der Waals surface area (Å²) in [5.74, 6) is 0.915.